The molecule has 5 atom stereocenters. The van der Waals surface area contributed by atoms with Crippen LogP contribution in [0.1, 0.15) is 38.2 Å². The van der Waals surface area contributed by atoms with Crippen LogP contribution < -0.4 is 32.7 Å². The summed E-state index contributed by atoms with van der Waals surface area (Å²) < 4.78 is 0. The van der Waals surface area contributed by atoms with E-state index in [2.05, 4.69) is 26.3 Å². The fourth-order valence-corrected chi connectivity index (χ4v) is 3.94. The Hall–Kier alpha value is -3.91. The molecule has 1 fully saturated rings. The number of aliphatic hydroxyl groups is 1. The van der Waals surface area contributed by atoms with Crippen LogP contribution in [-0.4, -0.2) is 88.3 Å². The lowest BCUT2D eigenvalue weighted by Gasteiger charge is -2.26. The highest BCUT2D eigenvalue weighted by Gasteiger charge is 2.32. The number of benzene rings is 1. The number of carbonyl (C=O) groups excluding carboxylic acids is 3. The summed E-state index contributed by atoms with van der Waals surface area (Å²) in [5, 5.41) is 39.3. The van der Waals surface area contributed by atoms with E-state index in [9.17, 15) is 34.5 Å². The first kappa shape index (κ1) is 30.3. The van der Waals surface area contributed by atoms with Crippen LogP contribution >= 0.6 is 0 Å². The molecule has 1 saturated heterocycles. The highest BCUT2D eigenvalue weighted by atomic mass is 16.4. The van der Waals surface area contributed by atoms with Crippen LogP contribution in [0.5, 0.6) is 5.75 Å². The molecular weight excluding hydrogens is 498 g/mol. The number of nitrogens with zero attached hydrogens (tertiary/aromatic N) is 1. The van der Waals surface area contributed by atoms with Crippen LogP contribution in [0, 0.1) is 0 Å². The number of aliphatic imine (C=N–C) groups is 1. The van der Waals surface area contributed by atoms with E-state index in [0.717, 1.165) is 6.42 Å². The molecule has 0 saturated carbocycles. The zero-order chi connectivity index (χ0) is 28.2. The molecular formula is C24H37N7O7. The van der Waals surface area contributed by atoms with Crippen molar-refractivity contribution in [1.29, 1.82) is 0 Å². The number of phenols is 1. The Morgan fingerprint density at radius 1 is 1.08 bits per heavy atom. The second kappa shape index (κ2) is 14.7. The summed E-state index contributed by atoms with van der Waals surface area (Å²) >= 11 is 0. The van der Waals surface area contributed by atoms with Crippen molar-refractivity contribution in [1.82, 2.24) is 21.3 Å². The standard InChI is InChI=1S/C24H37N7O7/c1-13(32)19(23(37)38)31-21(35)17(5-3-11-28-24(25)26)29-22(36)18(12-14-6-8-15(33)9-7-14)30-20(34)16-4-2-10-27-16/h6-9,13,16-19,27,32-33H,2-5,10-12H2,1H3,(H,29,36)(H,30,34)(H,31,35)(H,37,38)(H4,25,26,28). The molecule has 1 aromatic rings. The molecule has 1 aliphatic rings. The number of aromatic hydroxyl groups is 1. The Morgan fingerprint density at radius 2 is 1.74 bits per heavy atom. The highest BCUT2D eigenvalue weighted by molar-refractivity contribution is 5.94. The number of carbonyl (C=O) groups is 4. The molecule has 210 valence electrons. The molecule has 11 N–H and O–H groups in total. The van der Waals surface area contributed by atoms with Crippen molar-refractivity contribution < 1.29 is 34.5 Å². The predicted octanol–water partition coefficient (Wildman–Crippen LogP) is -2.34. The Labute approximate surface area is 220 Å². The van der Waals surface area contributed by atoms with Crippen LogP contribution in [0.15, 0.2) is 29.3 Å². The molecule has 14 nitrogen and oxygen atoms in total. The van der Waals surface area contributed by atoms with Crippen LogP contribution in [0.2, 0.25) is 0 Å². The van der Waals surface area contributed by atoms with Crippen LogP contribution in [0.3, 0.4) is 0 Å². The minimum absolute atomic E-state index is 0.0394. The molecule has 0 spiro atoms. The number of carboxylic acids is 1. The van der Waals surface area contributed by atoms with Gasteiger partial charge in [-0.15, -0.1) is 0 Å². The number of guanidine groups is 1. The number of rotatable bonds is 14. The minimum Gasteiger partial charge on any atom is -0.508 e. The number of aliphatic hydroxyl groups excluding tert-OH is 1. The molecule has 2 rings (SSSR count). The van der Waals surface area contributed by atoms with Gasteiger partial charge in [0, 0.05) is 13.0 Å². The van der Waals surface area contributed by atoms with Crippen LogP contribution in [-0.2, 0) is 25.6 Å². The Morgan fingerprint density at radius 3 is 2.29 bits per heavy atom. The lowest BCUT2D eigenvalue weighted by atomic mass is 10.0. The first-order valence-electron chi connectivity index (χ1n) is 12.4. The Kier molecular flexibility index (Phi) is 11.8. The average molecular weight is 536 g/mol. The number of carboxylic acid groups (broad SMARTS) is 1. The van der Waals surface area contributed by atoms with Crippen molar-refractivity contribution in [2.45, 2.75) is 69.3 Å². The van der Waals surface area contributed by atoms with E-state index in [1.807, 2.05) is 0 Å². The zero-order valence-corrected chi connectivity index (χ0v) is 21.2. The maximum Gasteiger partial charge on any atom is 0.328 e. The van der Waals surface area contributed by atoms with Crippen molar-refractivity contribution in [3.63, 3.8) is 0 Å². The third-order valence-electron chi connectivity index (χ3n) is 6.01. The van der Waals surface area contributed by atoms with Gasteiger partial charge in [-0.3, -0.25) is 19.4 Å². The normalized spacial score (nSPS) is 17.9. The summed E-state index contributed by atoms with van der Waals surface area (Å²) in [6.45, 7) is 2.05. The van der Waals surface area contributed by atoms with Crippen molar-refractivity contribution in [2.75, 3.05) is 13.1 Å². The maximum atomic E-state index is 13.4. The van der Waals surface area contributed by atoms with E-state index in [4.69, 9.17) is 11.5 Å². The summed E-state index contributed by atoms with van der Waals surface area (Å²) in [6, 6.07) is 1.78. The molecule has 5 unspecified atom stereocenters. The second-order valence-corrected chi connectivity index (χ2v) is 9.16. The summed E-state index contributed by atoms with van der Waals surface area (Å²) in [6.07, 6.45) is 0.423. The zero-order valence-electron chi connectivity index (χ0n) is 21.2. The van der Waals surface area contributed by atoms with Gasteiger partial charge >= 0.3 is 5.97 Å². The van der Waals surface area contributed by atoms with Crippen LogP contribution in [0.25, 0.3) is 0 Å². The van der Waals surface area contributed by atoms with Crippen molar-refractivity contribution in [3.8, 4) is 5.75 Å². The summed E-state index contributed by atoms with van der Waals surface area (Å²) in [5.41, 5.74) is 11.3. The van der Waals surface area contributed by atoms with Gasteiger partial charge in [0.05, 0.1) is 12.1 Å². The van der Waals surface area contributed by atoms with Gasteiger partial charge in [0.2, 0.25) is 17.7 Å². The number of nitrogens with two attached hydrogens (primary N) is 2. The van der Waals surface area contributed by atoms with E-state index >= 15 is 0 Å². The minimum atomic E-state index is -1.60. The molecule has 0 radical (unpaired) electrons. The van der Waals surface area contributed by atoms with Crippen molar-refractivity contribution >= 4 is 29.7 Å². The highest BCUT2D eigenvalue weighted by Crippen LogP contribution is 2.13. The topological polar surface area (TPSA) is 241 Å². The van der Waals surface area contributed by atoms with E-state index in [1.54, 1.807) is 12.1 Å². The third kappa shape index (κ3) is 9.86. The van der Waals surface area contributed by atoms with Gasteiger partial charge in [0.15, 0.2) is 12.0 Å². The van der Waals surface area contributed by atoms with E-state index in [0.29, 0.717) is 18.5 Å². The van der Waals surface area contributed by atoms with Crippen LogP contribution in [0.4, 0.5) is 0 Å². The number of hydrogen-bond donors (Lipinski definition) is 9. The summed E-state index contributed by atoms with van der Waals surface area (Å²) in [7, 11) is 0. The van der Waals surface area contributed by atoms with Gasteiger partial charge in [-0.05, 0) is 56.8 Å². The quantitative estimate of drug-likeness (QED) is 0.0698. The largest absolute Gasteiger partial charge is 0.508 e. The monoisotopic (exact) mass is 535 g/mol. The number of amides is 3. The molecule has 38 heavy (non-hydrogen) atoms. The van der Waals surface area contributed by atoms with E-state index in [1.165, 1.54) is 19.1 Å². The number of nitrogens with one attached hydrogen (secondary N) is 4. The van der Waals surface area contributed by atoms with E-state index in [-0.39, 0.29) is 43.4 Å². The van der Waals surface area contributed by atoms with Gasteiger partial charge in [0.25, 0.3) is 0 Å². The first-order chi connectivity index (χ1) is 18.0. The molecule has 1 heterocycles. The molecule has 0 aromatic heterocycles. The van der Waals surface area contributed by atoms with Crippen molar-refractivity contribution in [3.05, 3.63) is 29.8 Å². The molecule has 14 heteroatoms. The van der Waals surface area contributed by atoms with E-state index < -0.39 is 48.1 Å². The van der Waals surface area contributed by atoms with Crippen molar-refractivity contribution in [2.24, 2.45) is 16.5 Å². The number of aliphatic carboxylic acids is 1. The summed E-state index contributed by atoms with van der Waals surface area (Å²) in [5.74, 6) is -3.42. The predicted molar refractivity (Wildman–Crippen MR) is 138 cm³/mol. The molecule has 1 aliphatic heterocycles. The molecule has 1 aromatic carbocycles. The lowest BCUT2D eigenvalue weighted by molar-refractivity contribution is -0.145. The Balaban J connectivity index is 2.22. The van der Waals surface area contributed by atoms with Gasteiger partial charge in [-0.1, -0.05) is 12.1 Å². The first-order valence-corrected chi connectivity index (χ1v) is 12.4. The van der Waals surface area contributed by atoms with Gasteiger partial charge in [-0.25, -0.2) is 4.79 Å². The third-order valence-corrected chi connectivity index (χ3v) is 6.01. The lowest BCUT2D eigenvalue weighted by Crippen LogP contribution is -2.58. The Bertz CT molecular complexity index is 990. The maximum absolute atomic E-state index is 13.4. The fraction of sp³-hybridized carbons (Fsp3) is 0.542. The van der Waals surface area contributed by atoms with Gasteiger partial charge < -0.3 is 48.1 Å². The second-order valence-electron chi connectivity index (χ2n) is 9.16. The number of phenolic OH excluding ortho intramolecular Hbond substituents is 1. The van der Waals surface area contributed by atoms with Gasteiger partial charge in [-0.2, -0.15) is 0 Å². The summed E-state index contributed by atoms with van der Waals surface area (Å²) in [4.78, 5) is 54.4. The number of hydrogen-bond acceptors (Lipinski definition) is 8. The molecule has 0 bridgehead atoms. The van der Waals surface area contributed by atoms with Gasteiger partial charge in [0.1, 0.15) is 17.8 Å². The average Bonchev–Trinajstić information content (AvgIpc) is 3.39. The molecule has 0 aliphatic carbocycles. The fourth-order valence-electron chi connectivity index (χ4n) is 3.94. The SMILES string of the molecule is CC(O)C(NC(=O)C(CCCN=C(N)N)NC(=O)C(Cc1ccc(O)cc1)NC(=O)C1CCCN1)C(=O)O. The smallest absolute Gasteiger partial charge is 0.328 e. The molecule has 3 amide bonds.